The van der Waals surface area contributed by atoms with Crippen LogP contribution in [0.1, 0.15) is 36.0 Å². The molecule has 0 radical (unpaired) electrons. The number of para-hydroxylation sites is 1. The summed E-state index contributed by atoms with van der Waals surface area (Å²) in [6, 6.07) is 6.15. The molecule has 1 aromatic rings. The van der Waals surface area contributed by atoms with Gasteiger partial charge in [-0.2, -0.15) is 0 Å². The number of hydrogen-bond donors (Lipinski definition) is 3. The minimum atomic E-state index is -0.0500. The normalized spacial score (nSPS) is 25.1. The molecule has 3 rings (SSSR count). The summed E-state index contributed by atoms with van der Waals surface area (Å²) in [5, 5.41) is 6.35. The molecule has 0 bridgehead atoms. The predicted molar refractivity (Wildman–Crippen MR) is 78.1 cm³/mol. The van der Waals surface area contributed by atoms with Crippen molar-refractivity contribution in [1.29, 1.82) is 0 Å². The number of ether oxygens (including phenoxy) is 1. The van der Waals surface area contributed by atoms with Crippen LogP contribution in [0.3, 0.4) is 0 Å². The number of carbonyl (C=O) groups is 1. The number of rotatable bonds is 2. The summed E-state index contributed by atoms with van der Waals surface area (Å²) >= 11 is 0. The highest BCUT2D eigenvalue weighted by Gasteiger charge is 2.23. The van der Waals surface area contributed by atoms with Gasteiger partial charge in [0.2, 0.25) is 0 Å². The summed E-state index contributed by atoms with van der Waals surface area (Å²) in [6.45, 7) is 1.37. The van der Waals surface area contributed by atoms with Crippen molar-refractivity contribution in [3.8, 4) is 5.75 Å². The van der Waals surface area contributed by atoms with E-state index in [2.05, 4.69) is 10.6 Å². The molecule has 0 atom stereocenters. The molecule has 0 unspecified atom stereocenters. The average Bonchev–Trinajstić information content (AvgIpc) is 2.49. The molecule has 20 heavy (non-hydrogen) atoms. The van der Waals surface area contributed by atoms with Gasteiger partial charge in [-0.05, 0) is 37.8 Å². The molecule has 1 amide bonds. The van der Waals surface area contributed by atoms with Crippen molar-refractivity contribution < 1.29 is 9.53 Å². The van der Waals surface area contributed by atoms with Crippen molar-refractivity contribution in [2.24, 2.45) is 5.73 Å². The van der Waals surface area contributed by atoms with Crippen LogP contribution in [-0.4, -0.2) is 31.1 Å². The van der Waals surface area contributed by atoms with Gasteiger partial charge < -0.3 is 21.1 Å². The van der Waals surface area contributed by atoms with Gasteiger partial charge in [0.15, 0.2) is 5.75 Å². The second-order valence-corrected chi connectivity index (χ2v) is 5.54. The molecule has 0 spiro atoms. The van der Waals surface area contributed by atoms with Gasteiger partial charge in [0.25, 0.3) is 5.91 Å². The Morgan fingerprint density at radius 3 is 2.90 bits per heavy atom. The fraction of sp³-hybridized carbons (Fsp3) is 0.533. The van der Waals surface area contributed by atoms with E-state index in [0.29, 0.717) is 24.0 Å². The van der Waals surface area contributed by atoms with Crippen LogP contribution in [0.4, 0.5) is 5.69 Å². The zero-order valence-electron chi connectivity index (χ0n) is 11.5. The molecule has 2 aliphatic rings. The Morgan fingerprint density at radius 1 is 1.30 bits per heavy atom. The van der Waals surface area contributed by atoms with Crippen LogP contribution < -0.4 is 21.1 Å². The zero-order valence-corrected chi connectivity index (χ0v) is 11.5. The maximum Gasteiger partial charge on any atom is 0.255 e. The van der Waals surface area contributed by atoms with E-state index in [1.165, 1.54) is 0 Å². The number of anilines is 1. The highest BCUT2D eigenvalue weighted by molar-refractivity contribution is 5.99. The van der Waals surface area contributed by atoms with Gasteiger partial charge in [0, 0.05) is 18.6 Å². The van der Waals surface area contributed by atoms with E-state index >= 15 is 0 Å². The molecule has 1 heterocycles. The Hall–Kier alpha value is -1.75. The number of amides is 1. The lowest BCUT2D eigenvalue weighted by Crippen LogP contribution is -2.40. The minimum absolute atomic E-state index is 0.0500. The first-order chi connectivity index (χ1) is 9.74. The second-order valence-electron chi connectivity index (χ2n) is 5.54. The first-order valence-electron chi connectivity index (χ1n) is 7.30. The number of nitrogens with two attached hydrogens (primary N) is 1. The molecule has 0 aromatic heterocycles. The quantitative estimate of drug-likeness (QED) is 0.764. The summed E-state index contributed by atoms with van der Waals surface area (Å²) in [7, 11) is 0. The van der Waals surface area contributed by atoms with E-state index in [1.807, 2.05) is 18.2 Å². The molecule has 1 fully saturated rings. The van der Waals surface area contributed by atoms with Crippen LogP contribution >= 0.6 is 0 Å². The lowest BCUT2D eigenvalue weighted by atomic mass is 9.91. The Morgan fingerprint density at radius 2 is 2.10 bits per heavy atom. The molecule has 5 nitrogen and oxygen atoms in total. The predicted octanol–water partition coefficient (Wildman–Crippen LogP) is 1.49. The van der Waals surface area contributed by atoms with Crippen molar-refractivity contribution in [3.63, 3.8) is 0 Å². The number of nitrogens with one attached hydrogen (secondary N) is 2. The fourth-order valence-electron chi connectivity index (χ4n) is 2.88. The second kappa shape index (κ2) is 5.71. The zero-order chi connectivity index (χ0) is 13.9. The van der Waals surface area contributed by atoms with Crippen molar-refractivity contribution in [2.45, 2.75) is 37.8 Å². The van der Waals surface area contributed by atoms with Crippen LogP contribution in [-0.2, 0) is 0 Å². The van der Waals surface area contributed by atoms with E-state index < -0.39 is 0 Å². The first-order valence-corrected chi connectivity index (χ1v) is 7.30. The molecular formula is C15H21N3O2. The Labute approximate surface area is 118 Å². The maximum atomic E-state index is 12.4. The van der Waals surface area contributed by atoms with Crippen LogP contribution in [0.25, 0.3) is 0 Å². The van der Waals surface area contributed by atoms with Gasteiger partial charge >= 0.3 is 0 Å². The number of benzene rings is 1. The van der Waals surface area contributed by atoms with E-state index in [-0.39, 0.29) is 11.9 Å². The fourth-order valence-corrected chi connectivity index (χ4v) is 2.88. The minimum Gasteiger partial charge on any atom is -0.489 e. The molecule has 0 saturated heterocycles. The van der Waals surface area contributed by atoms with Gasteiger partial charge in [-0.3, -0.25) is 4.79 Å². The van der Waals surface area contributed by atoms with Gasteiger partial charge in [-0.15, -0.1) is 0 Å². The summed E-state index contributed by atoms with van der Waals surface area (Å²) in [5.74, 6) is 0.620. The van der Waals surface area contributed by atoms with Gasteiger partial charge in [-0.25, -0.2) is 0 Å². The highest BCUT2D eigenvalue weighted by Crippen LogP contribution is 2.31. The SMILES string of the molecule is NC1CCC(NC(=O)c2cccc3c2OCCN3)CC1. The van der Waals surface area contributed by atoms with Crippen LogP contribution in [0.5, 0.6) is 5.75 Å². The number of fused-ring (bicyclic) bond motifs is 1. The van der Waals surface area contributed by atoms with Crippen LogP contribution in [0.2, 0.25) is 0 Å². The Balaban J connectivity index is 1.71. The average molecular weight is 275 g/mol. The van der Waals surface area contributed by atoms with E-state index in [1.54, 1.807) is 0 Å². The van der Waals surface area contributed by atoms with E-state index in [4.69, 9.17) is 10.5 Å². The summed E-state index contributed by atoms with van der Waals surface area (Å²) < 4.78 is 5.64. The maximum absolute atomic E-state index is 12.4. The lowest BCUT2D eigenvalue weighted by molar-refractivity contribution is 0.0921. The topological polar surface area (TPSA) is 76.4 Å². The third-order valence-corrected chi connectivity index (χ3v) is 4.03. The largest absolute Gasteiger partial charge is 0.489 e. The van der Waals surface area contributed by atoms with Crippen LogP contribution in [0, 0.1) is 0 Å². The van der Waals surface area contributed by atoms with Crippen molar-refractivity contribution >= 4 is 11.6 Å². The third-order valence-electron chi connectivity index (χ3n) is 4.03. The molecule has 4 N–H and O–H groups in total. The first kappa shape index (κ1) is 13.2. The summed E-state index contributed by atoms with van der Waals surface area (Å²) in [4.78, 5) is 12.4. The third kappa shape index (κ3) is 2.72. The summed E-state index contributed by atoms with van der Waals surface area (Å²) in [5.41, 5.74) is 7.40. The van der Waals surface area contributed by atoms with Crippen LogP contribution in [0.15, 0.2) is 18.2 Å². The molecule has 1 saturated carbocycles. The molecule has 5 heteroatoms. The Kier molecular flexibility index (Phi) is 3.78. The molecule has 108 valence electrons. The van der Waals surface area contributed by atoms with E-state index in [0.717, 1.165) is 37.9 Å². The van der Waals surface area contributed by atoms with Crippen molar-refractivity contribution in [1.82, 2.24) is 5.32 Å². The lowest BCUT2D eigenvalue weighted by Gasteiger charge is -2.27. The van der Waals surface area contributed by atoms with Gasteiger partial charge in [-0.1, -0.05) is 6.07 Å². The van der Waals surface area contributed by atoms with Gasteiger partial charge in [0.05, 0.1) is 11.3 Å². The molecular weight excluding hydrogens is 254 g/mol. The standard InChI is InChI=1S/C15H21N3O2/c16-10-4-6-11(7-5-10)18-15(19)12-2-1-3-13-14(12)20-9-8-17-13/h1-3,10-11,17H,4-9,16H2,(H,18,19). The molecule has 1 aliphatic carbocycles. The number of hydrogen-bond acceptors (Lipinski definition) is 4. The molecule has 1 aromatic carbocycles. The van der Waals surface area contributed by atoms with Crippen molar-refractivity contribution in [3.05, 3.63) is 23.8 Å². The molecule has 1 aliphatic heterocycles. The Bertz CT molecular complexity index is 496. The summed E-state index contributed by atoms with van der Waals surface area (Å²) in [6.07, 6.45) is 3.88. The van der Waals surface area contributed by atoms with Crippen molar-refractivity contribution in [2.75, 3.05) is 18.5 Å². The van der Waals surface area contributed by atoms with E-state index in [9.17, 15) is 4.79 Å². The smallest absolute Gasteiger partial charge is 0.255 e. The monoisotopic (exact) mass is 275 g/mol. The number of carbonyl (C=O) groups excluding carboxylic acids is 1. The highest BCUT2D eigenvalue weighted by atomic mass is 16.5. The van der Waals surface area contributed by atoms with Gasteiger partial charge in [0.1, 0.15) is 6.61 Å².